The maximum absolute atomic E-state index is 12.3. The van der Waals surface area contributed by atoms with E-state index in [1.54, 1.807) is 30.3 Å². The number of nitrogens with zero attached hydrogens (tertiary/aromatic N) is 2. The number of nitrogens with one attached hydrogen (secondary N) is 1. The van der Waals surface area contributed by atoms with Crippen LogP contribution in [-0.4, -0.2) is 28.1 Å². The van der Waals surface area contributed by atoms with Gasteiger partial charge in [0.05, 0.1) is 31.6 Å². The number of thioether (sulfide) groups is 1. The molecule has 0 saturated carbocycles. The number of aliphatic imine (C=N–C) groups is 2. The summed E-state index contributed by atoms with van der Waals surface area (Å²) in [6.07, 6.45) is 0. The summed E-state index contributed by atoms with van der Waals surface area (Å²) in [4.78, 5) is 21.6. The summed E-state index contributed by atoms with van der Waals surface area (Å²) < 4.78 is 0. The van der Waals surface area contributed by atoms with Crippen LogP contribution in [0.4, 0.5) is 5.69 Å². The molecule has 4 nitrogen and oxygen atoms in total. The molecule has 9 heteroatoms. The number of anilines is 1. The first-order valence-corrected chi connectivity index (χ1v) is 10.7. The number of carbonyl (C=O) groups is 1. The maximum Gasteiger partial charge on any atom is 0.234 e. The van der Waals surface area contributed by atoms with E-state index in [0.717, 1.165) is 5.56 Å². The molecule has 146 valence electrons. The van der Waals surface area contributed by atoms with E-state index in [4.69, 9.17) is 46.4 Å². The van der Waals surface area contributed by atoms with Crippen LogP contribution >= 0.6 is 58.2 Å². The Hall–Kier alpha value is -1.24. The lowest BCUT2D eigenvalue weighted by Crippen LogP contribution is -2.17. The van der Waals surface area contributed by atoms with Gasteiger partial charge in [-0.05, 0) is 44.2 Å². The standard InChI is InChI=1S/C19H15Cl4N3OS/c1-19(2)25-17(10-3-5-12(20)14(22)7-10)18(26-19)28-9-16(27)24-11-4-6-13(21)15(23)8-11/h3-8H,9H2,1-2H3,(H,24,27). The monoisotopic (exact) mass is 473 g/mol. The zero-order valence-corrected chi connectivity index (χ0v) is 18.7. The van der Waals surface area contributed by atoms with Gasteiger partial charge < -0.3 is 5.32 Å². The lowest BCUT2D eigenvalue weighted by Gasteiger charge is -2.08. The normalized spacial score (nSPS) is 15.2. The topological polar surface area (TPSA) is 53.8 Å². The van der Waals surface area contributed by atoms with E-state index in [9.17, 15) is 4.79 Å². The summed E-state index contributed by atoms with van der Waals surface area (Å²) in [7, 11) is 0. The number of carbonyl (C=O) groups excluding carboxylic acids is 1. The minimum absolute atomic E-state index is 0.162. The van der Waals surface area contributed by atoms with E-state index in [2.05, 4.69) is 15.3 Å². The highest BCUT2D eigenvalue weighted by molar-refractivity contribution is 8.16. The molecule has 0 bridgehead atoms. The van der Waals surface area contributed by atoms with E-state index >= 15 is 0 Å². The van der Waals surface area contributed by atoms with Crippen LogP contribution < -0.4 is 5.32 Å². The van der Waals surface area contributed by atoms with Gasteiger partial charge in [-0.2, -0.15) is 0 Å². The van der Waals surface area contributed by atoms with Crippen molar-refractivity contribution in [1.82, 2.24) is 0 Å². The van der Waals surface area contributed by atoms with E-state index in [-0.39, 0.29) is 11.7 Å². The van der Waals surface area contributed by atoms with Crippen molar-refractivity contribution in [2.75, 3.05) is 11.1 Å². The van der Waals surface area contributed by atoms with Gasteiger partial charge in [0, 0.05) is 11.3 Å². The van der Waals surface area contributed by atoms with Crippen LogP contribution in [0.1, 0.15) is 19.4 Å². The average Bonchev–Trinajstić information content (AvgIpc) is 2.93. The molecule has 0 spiro atoms. The van der Waals surface area contributed by atoms with Gasteiger partial charge >= 0.3 is 0 Å². The molecule has 0 fully saturated rings. The Morgan fingerprint density at radius 3 is 2.25 bits per heavy atom. The molecule has 2 aromatic carbocycles. The highest BCUT2D eigenvalue weighted by Gasteiger charge is 2.29. The molecule has 1 N–H and O–H groups in total. The third-order valence-electron chi connectivity index (χ3n) is 3.70. The van der Waals surface area contributed by atoms with E-state index in [1.807, 2.05) is 19.9 Å². The fourth-order valence-electron chi connectivity index (χ4n) is 2.48. The summed E-state index contributed by atoms with van der Waals surface area (Å²) in [5.41, 5.74) is 1.46. The SMILES string of the molecule is CC1(C)N=C(SCC(=O)Nc2ccc(Cl)c(Cl)c2)C(c2ccc(Cl)c(Cl)c2)=N1. The molecule has 0 unspecified atom stereocenters. The molecular weight excluding hydrogens is 460 g/mol. The molecule has 0 aliphatic carbocycles. The lowest BCUT2D eigenvalue weighted by molar-refractivity contribution is -0.113. The summed E-state index contributed by atoms with van der Waals surface area (Å²) >= 11 is 25.3. The van der Waals surface area contributed by atoms with Gasteiger partial charge in [0.1, 0.15) is 10.7 Å². The Kier molecular flexibility index (Phi) is 6.62. The van der Waals surface area contributed by atoms with Crippen LogP contribution in [-0.2, 0) is 4.79 Å². The Morgan fingerprint density at radius 1 is 0.964 bits per heavy atom. The van der Waals surface area contributed by atoms with Crippen molar-refractivity contribution in [3.63, 3.8) is 0 Å². The summed E-state index contributed by atoms with van der Waals surface area (Å²) in [6, 6.07) is 10.2. The average molecular weight is 475 g/mol. The number of hydrogen-bond donors (Lipinski definition) is 1. The van der Waals surface area contributed by atoms with E-state index < -0.39 is 5.66 Å². The van der Waals surface area contributed by atoms with Gasteiger partial charge in [-0.3, -0.25) is 9.79 Å². The Morgan fingerprint density at radius 2 is 1.61 bits per heavy atom. The molecule has 0 atom stereocenters. The second kappa shape index (κ2) is 8.64. The molecule has 0 saturated heterocycles. The van der Waals surface area contributed by atoms with Gasteiger partial charge in [0.15, 0.2) is 0 Å². The highest BCUT2D eigenvalue weighted by atomic mass is 35.5. The van der Waals surface area contributed by atoms with Gasteiger partial charge in [-0.25, -0.2) is 4.99 Å². The minimum Gasteiger partial charge on any atom is -0.325 e. The molecule has 0 radical (unpaired) electrons. The van der Waals surface area contributed by atoms with Crippen molar-refractivity contribution in [2.45, 2.75) is 19.5 Å². The molecule has 0 aromatic heterocycles. The van der Waals surface area contributed by atoms with Gasteiger partial charge in [-0.1, -0.05) is 64.2 Å². The Labute approximate surface area is 187 Å². The maximum atomic E-state index is 12.3. The third-order valence-corrected chi connectivity index (χ3v) is 6.14. The summed E-state index contributed by atoms with van der Waals surface area (Å²) in [5.74, 6) is -0.0283. The predicted molar refractivity (Wildman–Crippen MR) is 122 cm³/mol. The summed E-state index contributed by atoms with van der Waals surface area (Å²) in [6.45, 7) is 3.79. The Bertz CT molecular complexity index is 1000. The van der Waals surface area contributed by atoms with Crippen molar-refractivity contribution in [1.29, 1.82) is 0 Å². The molecule has 2 aromatic rings. The van der Waals surface area contributed by atoms with Crippen molar-refractivity contribution < 1.29 is 4.79 Å². The van der Waals surface area contributed by atoms with E-state index in [1.165, 1.54) is 11.8 Å². The second-order valence-electron chi connectivity index (χ2n) is 6.47. The first-order valence-electron chi connectivity index (χ1n) is 8.18. The molecule has 3 rings (SSSR count). The van der Waals surface area contributed by atoms with Crippen molar-refractivity contribution in [3.8, 4) is 0 Å². The largest absolute Gasteiger partial charge is 0.325 e. The smallest absolute Gasteiger partial charge is 0.234 e. The third kappa shape index (κ3) is 5.22. The van der Waals surface area contributed by atoms with Crippen LogP contribution in [0.2, 0.25) is 20.1 Å². The fraction of sp³-hybridized carbons (Fsp3) is 0.211. The van der Waals surface area contributed by atoms with E-state index in [0.29, 0.717) is 36.5 Å². The number of rotatable bonds is 4. The zero-order chi connectivity index (χ0) is 20.5. The molecular formula is C19H15Cl4N3OS. The predicted octanol–water partition coefficient (Wildman–Crippen LogP) is 6.61. The molecule has 1 aliphatic heterocycles. The first-order chi connectivity index (χ1) is 13.1. The van der Waals surface area contributed by atoms with Gasteiger partial charge in [-0.15, -0.1) is 0 Å². The van der Waals surface area contributed by atoms with Crippen molar-refractivity contribution in [3.05, 3.63) is 62.1 Å². The second-order valence-corrected chi connectivity index (χ2v) is 9.06. The fourth-order valence-corrected chi connectivity index (χ4v) is 4.01. The number of benzene rings is 2. The lowest BCUT2D eigenvalue weighted by atomic mass is 10.1. The molecule has 28 heavy (non-hydrogen) atoms. The number of amides is 1. The van der Waals surface area contributed by atoms with Crippen molar-refractivity contribution in [2.24, 2.45) is 9.98 Å². The number of halogens is 4. The quantitative estimate of drug-likeness (QED) is 0.541. The molecule has 1 amide bonds. The van der Waals surface area contributed by atoms with Crippen LogP contribution in [0.5, 0.6) is 0 Å². The van der Waals surface area contributed by atoms with Crippen LogP contribution in [0.15, 0.2) is 46.4 Å². The number of hydrogen-bond acceptors (Lipinski definition) is 4. The highest BCUT2D eigenvalue weighted by Crippen LogP contribution is 2.30. The van der Waals surface area contributed by atoms with Gasteiger partial charge in [0.2, 0.25) is 5.91 Å². The Balaban J connectivity index is 1.71. The van der Waals surface area contributed by atoms with Crippen molar-refractivity contribution >= 4 is 80.5 Å². The summed E-state index contributed by atoms with van der Waals surface area (Å²) in [5, 5.41) is 5.18. The zero-order valence-electron chi connectivity index (χ0n) is 14.9. The molecule has 1 heterocycles. The van der Waals surface area contributed by atoms with Crippen LogP contribution in [0, 0.1) is 0 Å². The van der Waals surface area contributed by atoms with Crippen LogP contribution in [0.25, 0.3) is 0 Å². The first kappa shape index (κ1) is 21.5. The van der Waals surface area contributed by atoms with Crippen LogP contribution in [0.3, 0.4) is 0 Å². The minimum atomic E-state index is -0.607. The molecule has 1 aliphatic rings. The van der Waals surface area contributed by atoms with Gasteiger partial charge in [0.25, 0.3) is 0 Å².